The molecular weight excluding hydrogens is 532 g/mol. The quantitative estimate of drug-likeness (QED) is 0.392. The summed E-state index contributed by atoms with van der Waals surface area (Å²) < 4.78 is 47.0. The Labute approximate surface area is 237 Å². The molecule has 0 spiro atoms. The van der Waals surface area contributed by atoms with E-state index in [1.54, 1.807) is 12.1 Å². The number of fused-ring (bicyclic) bond motifs is 1. The van der Waals surface area contributed by atoms with E-state index in [9.17, 15) is 18.3 Å². The van der Waals surface area contributed by atoms with E-state index in [1.165, 1.54) is 23.5 Å². The van der Waals surface area contributed by atoms with Crippen LogP contribution in [-0.2, 0) is 25.9 Å². The number of nitrogens with zero attached hydrogens (tertiary/aromatic N) is 1. The molecule has 1 heterocycles. The van der Waals surface area contributed by atoms with Crippen LogP contribution >= 0.6 is 0 Å². The summed E-state index contributed by atoms with van der Waals surface area (Å²) in [6.45, 7) is 4.68. The highest BCUT2D eigenvalue weighted by Crippen LogP contribution is 2.44. The van der Waals surface area contributed by atoms with Gasteiger partial charge in [0.15, 0.2) is 0 Å². The van der Waals surface area contributed by atoms with Crippen molar-refractivity contribution in [2.75, 3.05) is 20.3 Å². The third-order valence-electron chi connectivity index (χ3n) is 8.10. The predicted molar refractivity (Wildman–Crippen MR) is 151 cm³/mol. The van der Waals surface area contributed by atoms with E-state index in [0.717, 1.165) is 31.2 Å². The summed E-state index contributed by atoms with van der Waals surface area (Å²) in [6.07, 6.45) is 0.0941. The van der Waals surface area contributed by atoms with Gasteiger partial charge in [0.25, 0.3) is 0 Å². The molecule has 40 heavy (non-hydrogen) atoms. The van der Waals surface area contributed by atoms with Gasteiger partial charge in [-0.3, -0.25) is 0 Å². The smallest absolute Gasteiger partial charge is 0.404 e. The van der Waals surface area contributed by atoms with Crippen LogP contribution in [0.4, 0.5) is 4.79 Å². The van der Waals surface area contributed by atoms with E-state index in [0.29, 0.717) is 12.4 Å². The number of sulfonamides is 1. The number of amides is 1. The molecule has 1 saturated heterocycles. The maximum Gasteiger partial charge on any atom is 0.404 e. The minimum Gasteiger partial charge on any atom is -0.497 e. The topological polar surface area (TPSA) is 128 Å². The van der Waals surface area contributed by atoms with Crippen LogP contribution in [-0.4, -0.2) is 68.5 Å². The van der Waals surface area contributed by atoms with Crippen LogP contribution in [0.15, 0.2) is 59.5 Å². The van der Waals surface area contributed by atoms with Crippen molar-refractivity contribution < 1.29 is 32.5 Å². The van der Waals surface area contributed by atoms with Crippen LogP contribution in [0.5, 0.6) is 5.75 Å². The zero-order valence-corrected chi connectivity index (χ0v) is 24.3. The fraction of sp³-hybridized carbons (Fsp3) is 0.567. The molecule has 1 saturated carbocycles. The summed E-state index contributed by atoms with van der Waals surface area (Å²) in [7, 11) is -2.55. The molecule has 10 heteroatoms. The van der Waals surface area contributed by atoms with Crippen molar-refractivity contribution in [2.24, 2.45) is 23.5 Å². The lowest BCUT2D eigenvalue weighted by Crippen LogP contribution is -2.59. The summed E-state index contributed by atoms with van der Waals surface area (Å²) in [5.74, 6) is 0.395. The van der Waals surface area contributed by atoms with E-state index < -0.39 is 34.4 Å². The number of aliphatic hydroxyl groups excluding tert-OH is 1. The molecule has 1 amide bonds. The number of hydrogen-bond acceptors (Lipinski definition) is 7. The first-order valence-corrected chi connectivity index (χ1v) is 15.5. The fourth-order valence-corrected chi connectivity index (χ4v) is 8.20. The van der Waals surface area contributed by atoms with Crippen molar-refractivity contribution >= 4 is 16.1 Å². The summed E-state index contributed by atoms with van der Waals surface area (Å²) in [5, 5.41) is 12.1. The third kappa shape index (κ3) is 6.97. The number of aliphatic hydroxyl groups is 1. The maximum absolute atomic E-state index is 14.4. The standard InChI is InChI=1S/C30H42N2O7S/c1-20(2)19-32(40(35,36)23-14-12-22(37-3)13-15-23)28(25-10-7-11-26-24(25)16-17-38-26)29(33)27(39-30(31)34)18-21-8-5-4-6-9-21/h4-6,8-9,12-15,20,24-29,33H,7,10-11,16-19H2,1-3H3,(H2,31,34)/t24-,25-,26+,27-,28?,29+/m0/s1. The van der Waals surface area contributed by atoms with Crippen LogP contribution in [0.3, 0.4) is 0 Å². The molecule has 1 aliphatic heterocycles. The van der Waals surface area contributed by atoms with Gasteiger partial charge in [0.1, 0.15) is 18.0 Å². The first-order valence-electron chi connectivity index (χ1n) is 14.1. The van der Waals surface area contributed by atoms with Crippen molar-refractivity contribution in [3.05, 3.63) is 60.2 Å². The van der Waals surface area contributed by atoms with Crippen molar-refractivity contribution in [1.82, 2.24) is 4.31 Å². The Morgan fingerprint density at radius 3 is 2.42 bits per heavy atom. The highest BCUT2D eigenvalue weighted by Gasteiger charge is 2.50. The highest BCUT2D eigenvalue weighted by molar-refractivity contribution is 7.89. The summed E-state index contributed by atoms with van der Waals surface area (Å²) >= 11 is 0. The second kappa shape index (κ2) is 13.3. The summed E-state index contributed by atoms with van der Waals surface area (Å²) in [4.78, 5) is 12.1. The molecule has 220 valence electrons. The molecule has 9 nitrogen and oxygen atoms in total. The molecule has 2 fully saturated rings. The van der Waals surface area contributed by atoms with Crippen molar-refractivity contribution in [2.45, 2.75) is 75.2 Å². The molecule has 3 N–H and O–H groups in total. The van der Waals surface area contributed by atoms with Gasteiger partial charge in [-0.2, -0.15) is 4.31 Å². The van der Waals surface area contributed by atoms with Crippen LogP contribution in [0.1, 0.15) is 45.1 Å². The van der Waals surface area contributed by atoms with Gasteiger partial charge >= 0.3 is 6.09 Å². The number of benzene rings is 2. The van der Waals surface area contributed by atoms with Crippen LogP contribution in [0.25, 0.3) is 0 Å². The maximum atomic E-state index is 14.4. The number of rotatable bonds is 12. The molecule has 1 aliphatic carbocycles. The van der Waals surface area contributed by atoms with E-state index in [2.05, 4.69) is 0 Å². The van der Waals surface area contributed by atoms with Gasteiger partial charge in [0, 0.05) is 19.6 Å². The lowest BCUT2D eigenvalue weighted by molar-refractivity contribution is -0.0661. The molecule has 0 aromatic heterocycles. The molecular formula is C30H42N2O7S. The number of methoxy groups -OCH3 is 1. The molecule has 0 radical (unpaired) electrons. The average Bonchev–Trinajstić information content (AvgIpc) is 3.42. The largest absolute Gasteiger partial charge is 0.497 e. The SMILES string of the molecule is COc1ccc(S(=O)(=O)N(CC(C)C)C([C@H]2CCC[C@H]3OCC[C@@H]23)[C@H](O)[C@H](Cc2ccccc2)OC(N)=O)cc1. The highest BCUT2D eigenvalue weighted by atomic mass is 32.2. The summed E-state index contributed by atoms with van der Waals surface area (Å²) in [5.41, 5.74) is 6.31. The number of carbonyl (C=O) groups is 1. The van der Waals surface area contributed by atoms with Crippen molar-refractivity contribution in [3.63, 3.8) is 0 Å². The van der Waals surface area contributed by atoms with Gasteiger partial charge in [0.2, 0.25) is 10.0 Å². The minimum absolute atomic E-state index is 0.0164. The number of ether oxygens (including phenoxy) is 3. The van der Waals surface area contributed by atoms with Crippen LogP contribution in [0, 0.1) is 17.8 Å². The normalized spacial score (nSPS) is 23.4. The van der Waals surface area contributed by atoms with Gasteiger partial charge < -0.3 is 25.1 Å². The molecule has 6 atom stereocenters. The Balaban J connectivity index is 1.81. The van der Waals surface area contributed by atoms with Gasteiger partial charge in [-0.1, -0.05) is 50.6 Å². The second-order valence-electron chi connectivity index (χ2n) is 11.2. The first kappa shape index (κ1) is 30.3. The lowest BCUT2D eigenvalue weighted by atomic mass is 9.71. The van der Waals surface area contributed by atoms with Gasteiger partial charge in [-0.25, -0.2) is 13.2 Å². The van der Waals surface area contributed by atoms with Crippen LogP contribution in [0.2, 0.25) is 0 Å². The zero-order valence-electron chi connectivity index (χ0n) is 23.5. The van der Waals surface area contributed by atoms with Gasteiger partial charge in [0.05, 0.1) is 24.2 Å². The molecule has 2 aromatic carbocycles. The van der Waals surface area contributed by atoms with Gasteiger partial charge in [-0.05, 0) is 66.8 Å². The van der Waals surface area contributed by atoms with Crippen LogP contribution < -0.4 is 10.5 Å². The number of primary amides is 1. The van der Waals surface area contributed by atoms with E-state index >= 15 is 0 Å². The Bertz CT molecular complexity index is 1210. The fourth-order valence-electron chi connectivity index (χ4n) is 6.35. The minimum atomic E-state index is -4.07. The third-order valence-corrected chi connectivity index (χ3v) is 9.97. The molecule has 2 aliphatic rings. The molecule has 1 unspecified atom stereocenters. The Hall–Kier alpha value is -2.66. The number of hydrogen-bond donors (Lipinski definition) is 2. The molecule has 2 aromatic rings. The summed E-state index contributed by atoms with van der Waals surface area (Å²) in [6, 6.07) is 14.8. The molecule has 0 bridgehead atoms. The predicted octanol–water partition coefficient (Wildman–Crippen LogP) is 3.98. The Morgan fingerprint density at radius 2 is 1.80 bits per heavy atom. The van der Waals surface area contributed by atoms with Gasteiger partial charge in [-0.15, -0.1) is 0 Å². The Morgan fingerprint density at radius 1 is 1.10 bits per heavy atom. The van der Waals surface area contributed by atoms with E-state index in [4.69, 9.17) is 19.9 Å². The average molecular weight is 575 g/mol. The number of nitrogens with two attached hydrogens (primary N) is 1. The van der Waals surface area contributed by atoms with E-state index in [-0.39, 0.29) is 41.7 Å². The first-order chi connectivity index (χ1) is 19.1. The monoisotopic (exact) mass is 574 g/mol. The number of carbonyl (C=O) groups excluding carboxylic acids is 1. The lowest BCUT2D eigenvalue weighted by Gasteiger charge is -2.46. The Kier molecular flexibility index (Phi) is 10.1. The van der Waals surface area contributed by atoms with E-state index in [1.807, 2.05) is 44.2 Å². The second-order valence-corrected chi connectivity index (χ2v) is 13.1. The van der Waals surface area contributed by atoms with Crippen molar-refractivity contribution in [3.8, 4) is 5.75 Å². The van der Waals surface area contributed by atoms with Crippen molar-refractivity contribution in [1.29, 1.82) is 0 Å². The molecule has 4 rings (SSSR count). The zero-order chi connectivity index (χ0) is 28.9.